The monoisotopic (exact) mass is 466 g/mol. The van der Waals surface area contributed by atoms with E-state index in [0.717, 1.165) is 0 Å². The van der Waals surface area contributed by atoms with Crippen molar-refractivity contribution < 1.29 is 23.2 Å². The van der Waals surface area contributed by atoms with Gasteiger partial charge >= 0.3 is 6.61 Å². The zero-order valence-electron chi connectivity index (χ0n) is 15.2. The van der Waals surface area contributed by atoms with Gasteiger partial charge in [-0.3, -0.25) is 0 Å². The van der Waals surface area contributed by atoms with Crippen molar-refractivity contribution >= 4 is 57.6 Å². The fourth-order valence-electron chi connectivity index (χ4n) is 2.59. The van der Waals surface area contributed by atoms with E-state index in [1.807, 2.05) is 0 Å². The zero-order chi connectivity index (χ0) is 21.7. The highest BCUT2D eigenvalue weighted by Gasteiger charge is 2.20. The van der Waals surface area contributed by atoms with E-state index >= 15 is 0 Å². The van der Waals surface area contributed by atoms with Crippen molar-refractivity contribution in [3.05, 3.63) is 88.7 Å². The van der Waals surface area contributed by atoms with Crippen LogP contribution in [0.4, 0.5) is 14.5 Å². The third kappa shape index (κ3) is 5.44. The second-order valence-electron chi connectivity index (χ2n) is 5.94. The molecule has 0 aliphatic rings. The predicted molar refractivity (Wildman–Crippen MR) is 116 cm³/mol. The second-order valence-corrected chi connectivity index (χ2v) is 7.19. The summed E-state index contributed by atoms with van der Waals surface area (Å²) in [6.45, 7) is -2.92. The molecular formula is C21H14Cl2F2N2O2S. The molecule has 3 rings (SSSR count). The number of rotatable bonds is 6. The standard InChI is InChI=1S/C21H14Cl2F2N2O2S/c22-13-4-9-17(23)16(12-13)19(28)18(27-10-2-1-3-11-27)20(30)26-14-5-7-15(8-6-14)29-21(24)25/h1-12,21H,(H-,26,28,30). The first kappa shape index (κ1) is 22.0. The lowest BCUT2D eigenvalue weighted by Crippen LogP contribution is -2.39. The zero-order valence-corrected chi connectivity index (χ0v) is 17.5. The van der Waals surface area contributed by atoms with Crippen LogP contribution in [0.5, 0.6) is 5.75 Å². The summed E-state index contributed by atoms with van der Waals surface area (Å²) in [5.74, 6) is -0.432. The van der Waals surface area contributed by atoms with Gasteiger partial charge in [0, 0.05) is 27.9 Å². The summed E-state index contributed by atoms with van der Waals surface area (Å²) in [6.07, 6.45) is 3.33. The van der Waals surface area contributed by atoms with Gasteiger partial charge in [-0.2, -0.15) is 13.3 Å². The van der Waals surface area contributed by atoms with E-state index in [0.29, 0.717) is 10.7 Å². The van der Waals surface area contributed by atoms with Gasteiger partial charge in [0.15, 0.2) is 17.4 Å². The third-order valence-corrected chi connectivity index (χ3v) is 4.77. The van der Waals surface area contributed by atoms with Crippen molar-refractivity contribution in [3.63, 3.8) is 0 Å². The van der Waals surface area contributed by atoms with Gasteiger partial charge in [0.1, 0.15) is 5.75 Å². The minimum absolute atomic E-state index is 0.00453. The largest absolute Gasteiger partial charge is 0.867 e. The summed E-state index contributed by atoms with van der Waals surface area (Å²) in [6, 6.07) is 15.6. The predicted octanol–water partition coefficient (Wildman–Crippen LogP) is 5.01. The molecule has 4 nitrogen and oxygen atoms in total. The molecule has 0 bridgehead atoms. The van der Waals surface area contributed by atoms with Crippen molar-refractivity contribution in [2.45, 2.75) is 6.61 Å². The Balaban J connectivity index is 1.99. The van der Waals surface area contributed by atoms with Crippen LogP contribution in [0.3, 0.4) is 0 Å². The van der Waals surface area contributed by atoms with Gasteiger partial charge in [0.2, 0.25) is 5.70 Å². The highest BCUT2D eigenvalue weighted by molar-refractivity contribution is 7.81. The SMILES string of the molecule is [O-]C(=C(C(=S)Nc1ccc(OC(F)F)cc1)[n+]1ccccc1)c1cc(Cl)ccc1Cl. The van der Waals surface area contributed by atoms with Gasteiger partial charge in [-0.05, 0) is 53.8 Å². The summed E-state index contributed by atoms with van der Waals surface area (Å²) in [4.78, 5) is 0.106. The molecule has 1 heterocycles. The summed E-state index contributed by atoms with van der Waals surface area (Å²) in [7, 11) is 0. The fraction of sp³-hybridized carbons (Fsp3) is 0.0476. The lowest BCUT2D eigenvalue weighted by Gasteiger charge is -2.18. The Hall–Kier alpha value is -2.74. The number of halogens is 4. The Kier molecular flexibility index (Phi) is 7.20. The highest BCUT2D eigenvalue weighted by Crippen LogP contribution is 2.27. The first-order valence-electron chi connectivity index (χ1n) is 8.55. The maximum atomic E-state index is 13.3. The lowest BCUT2D eigenvalue weighted by atomic mass is 10.1. The second kappa shape index (κ2) is 9.84. The van der Waals surface area contributed by atoms with Gasteiger partial charge in [-0.15, -0.1) is 0 Å². The number of nitrogens with zero attached hydrogens (tertiary/aromatic N) is 1. The average Bonchev–Trinajstić information content (AvgIpc) is 2.72. The molecule has 0 fully saturated rings. The number of hydrogen-bond donors (Lipinski definition) is 1. The van der Waals surface area contributed by atoms with Crippen molar-refractivity contribution in [2.75, 3.05) is 5.32 Å². The van der Waals surface area contributed by atoms with E-state index in [1.54, 1.807) is 41.2 Å². The van der Waals surface area contributed by atoms with Crippen molar-refractivity contribution in [2.24, 2.45) is 0 Å². The third-order valence-electron chi connectivity index (χ3n) is 3.91. The number of anilines is 1. The van der Waals surface area contributed by atoms with E-state index in [-0.39, 0.29) is 27.0 Å². The number of ether oxygens (including phenoxy) is 1. The molecule has 3 aromatic rings. The van der Waals surface area contributed by atoms with Gasteiger partial charge in [0.05, 0.1) is 0 Å². The highest BCUT2D eigenvalue weighted by atomic mass is 35.5. The normalized spacial score (nSPS) is 11.8. The maximum Gasteiger partial charge on any atom is 0.387 e. The van der Waals surface area contributed by atoms with Crippen molar-refractivity contribution in [1.29, 1.82) is 0 Å². The molecule has 0 atom stereocenters. The molecule has 30 heavy (non-hydrogen) atoms. The number of thiocarbonyl (C=S) groups is 1. The van der Waals surface area contributed by atoms with Gasteiger partial charge in [-0.1, -0.05) is 41.5 Å². The number of pyridine rings is 1. The molecule has 0 radical (unpaired) electrons. The Labute approximate surface area is 186 Å². The molecule has 0 amide bonds. The Morgan fingerprint density at radius 3 is 2.33 bits per heavy atom. The summed E-state index contributed by atoms with van der Waals surface area (Å²) < 4.78 is 30.5. The molecule has 0 saturated carbocycles. The summed E-state index contributed by atoms with van der Waals surface area (Å²) in [5, 5.41) is 16.8. The topological polar surface area (TPSA) is 48.2 Å². The molecular weight excluding hydrogens is 453 g/mol. The van der Waals surface area contributed by atoms with Gasteiger partial charge < -0.3 is 15.2 Å². The molecule has 154 valence electrons. The van der Waals surface area contributed by atoms with Crippen molar-refractivity contribution in [3.8, 4) is 5.75 Å². The Morgan fingerprint density at radius 1 is 1.03 bits per heavy atom. The van der Waals surface area contributed by atoms with E-state index in [4.69, 9.17) is 35.4 Å². The molecule has 0 spiro atoms. The lowest BCUT2D eigenvalue weighted by molar-refractivity contribution is -0.577. The molecule has 0 aliphatic carbocycles. The average molecular weight is 467 g/mol. The van der Waals surface area contributed by atoms with Crippen LogP contribution in [-0.4, -0.2) is 11.6 Å². The number of alkyl halides is 2. The number of benzene rings is 2. The van der Waals surface area contributed by atoms with Crippen LogP contribution in [0.15, 0.2) is 73.1 Å². The minimum atomic E-state index is -2.92. The molecule has 1 aromatic heterocycles. The first-order chi connectivity index (χ1) is 14.3. The van der Waals surface area contributed by atoms with Crippen LogP contribution >= 0.6 is 35.4 Å². The quantitative estimate of drug-likeness (QED) is 0.240. The number of hydrogen-bond acceptors (Lipinski definition) is 3. The molecule has 0 unspecified atom stereocenters. The molecule has 0 saturated heterocycles. The fourth-order valence-corrected chi connectivity index (χ4v) is 3.29. The minimum Gasteiger partial charge on any atom is -0.867 e. The van der Waals surface area contributed by atoms with Crippen LogP contribution in [0.1, 0.15) is 5.56 Å². The van der Waals surface area contributed by atoms with Gasteiger partial charge in [-0.25, -0.2) is 0 Å². The van der Waals surface area contributed by atoms with E-state index in [1.165, 1.54) is 36.4 Å². The van der Waals surface area contributed by atoms with Crippen molar-refractivity contribution in [1.82, 2.24) is 0 Å². The van der Waals surface area contributed by atoms with Crippen LogP contribution < -0.4 is 19.7 Å². The Morgan fingerprint density at radius 2 is 1.70 bits per heavy atom. The van der Waals surface area contributed by atoms with Crippen LogP contribution in [0.25, 0.3) is 11.5 Å². The molecule has 9 heteroatoms. The van der Waals surface area contributed by atoms with E-state index < -0.39 is 12.4 Å². The summed E-state index contributed by atoms with van der Waals surface area (Å²) >= 11 is 17.7. The van der Waals surface area contributed by atoms with E-state index in [9.17, 15) is 13.9 Å². The number of aromatic nitrogens is 1. The van der Waals surface area contributed by atoms with Crippen LogP contribution in [0, 0.1) is 0 Å². The number of nitrogens with one attached hydrogen (secondary N) is 1. The molecule has 2 aromatic carbocycles. The van der Waals surface area contributed by atoms with E-state index in [2.05, 4.69) is 10.1 Å². The van der Waals surface area contributed by atoms with Crippen LogP contribution in [0.2, 0.25) is 10.0 Å². The Bertz CT molecular complexity index is 1080. The smallest absolute Gasteiger partial charge is 0.387 e. The molecule has 1 N–H and O–H groups in total. The van der Waals surface area contributed by atoms with Crippen LogP contribution in [-0.2, 0) is 0 Å². The first-order valence-corrected chi connectivity index (χ1v) is 9.71. The molecule has 0 aliphatic heterocycles. The maximum absolute atomic E-state index is 13.3. The summed E-state index contributed by atoms with van der Waals surface area (Å²) in [5.41, 5.74) is 0.823. The van der Waals surface area contributed by atoms with Gasteiger partial charge in [0.25, 0.3) is 0 Å².